The number of unbranched alkanes of at least 4 members (excludes halogenated alkanes) is 8. The number of hydrogen-bond acceptors (Lipinski definition) is 5. The summed E-state index contributed by atoms with van der Waals surface area (Å²) in [6.45, 7) is 2.54. The number of nitrogens with zero attached hydrogens (tertiary/aromatic N) is 2. The fraction of sp³-hybridized carbons (Fsp3) is 0.600. The third-order valence-electron chi connectivity index (χ3n) is 5.76. The normalized spacial score (nSPS) is 11.8. The van der Waals surface area contributed by atoms with Gasteiger partial charge in [0.1, 0.15) is 6.04 Å². The Kier molecular flexibility index (Phi) is 12.5. The highest BCUT2D eigenvalue weighted by Gasteiger charge is 2.21. The number of hydrogen-bond donors (Lipinski definition) is 4. The number of carbonyl (C=O) groups is 2. The molecule has 0 aliphatic heterocycles. The second-order valence-electron chi connectivity index (χ2n) is 8.61. The zero-order valence-electron chi connectivity index (χ0n) is 20.1. The minimum atomic E-state index is -1.18. The molecule has 0 spiro atoms. The van der Waals surface area contributed by atoms with Crippen LogP contribution in [-0.2, 0) is 6.42 Å². The Morgan fingerprint density at radius 1 is 0.912 bits per heavy atom. The first-order valence-electron chi connectivity index (χ1n) is 12.4. The Morgan fingerprint density at radius 2 is 1.59 bits per heavy atom. The maximum absolute atomic E-state index is 11.2. The van der Waals surface area contributed by atoms with E-state index in [1.165, 1.54) is 56.9 Å². The summed E-state index contributed by atoms with van der Waals surface area (Å²) in [5.41, 5.74) is 2.09. The highest BCUT2D eigenvalue weighted by atomic mass is 16.5. The van der Waals surface area contributed by atoms with E-state index in [0.717, 1.165) is 12.0 Å². The molecule has 0 bridgehead atoms. The fourth-order valence-electron chi connectivity index (χ4n) is 3.85. The highest BCUT2D eigenvalue weighted by Crippen LogP contribution is 2.23. The van der Waals surface area contributed by atoms with Crippen LogP contribution in [0.25, 0.3) is 11.4 Å². The zero-order chi connectivity index (χ0) is 24.6. The number of aromatic nitrogens is 2. The van der Waals surface area contributed by atoms with Crippen LogP contribution in [0, 0.1) is 0 Å². The van der Waals surface area contributed by atoms with E-state index < -0.39 is 18.2 Å². The van der Waals surface area contributed by atoms with Crippen molar-refractivity contribution in [2.45, 2.75) is 90.0 Å². The minimum Gasteiger partial charge on any atom is -0.465 e. The van der Waals surface area contributed by atoms with Crippen molar-refractivity contribution in [1.82, 2.24) is 20.8 Å². The van der Waals surface area contributed by atoms with Crippen molar-refractivity contribution >= 4 is 12.2 Å². The van der Waals surface area contributed by atoms with Crippen LogP contribution in [0.5, 0.6) is 0 Å². The predicted molar refractivity (Wildman–Crippen MR) is 130 cm³/mol. The third kappa shape index (κ3) is 10.7. The SMILES string of the molecule is CCCCCCCCCCc1ccc(-c2noc([C@@H](CCCCNC(=O)O)NC(=O)O)n2)cc1. The lowest BCUT2D eigenvalue weighted by atomic mass is 10.0. The minimum absolute atomic E-state index is 0.201. The van der Waals surface area contributed by atoms with E-state index in [0.29, 0.717) is 31.6 Å². The smallest absolute Gasteiger partial charge is 0.405 e. The zero-order valence-corrected chi connectivity index (χ0v) is 20.1. The average Bonchev–Trinajstić information content (AvgIpc) is 3.30. The van der Waals surface area contributed by atoms with Gasteiger partial charge in [0.25, 0.3) is 0 Å². The maximum atomic E-state index is 11.2. The second kappa shape index (κ2) is 15.7. The number of nitrogens with one attached hydrogen (secondary N) is 2. The molecule has 188 valence electrons. The summed E-state index contributed by atoms with van der Waals surface area (Å²) in [6, 6.07) is 7.44. The molecule has 0 aliphatic rings. The van der Waals surface area contributed by atoms with Crippen LogP contribution in [0.4, 0.5) is 9.59 Å². The highest BCUT2D eigenvalue weighted by molar-refractivity contribution is 5.65. The lowest BCUT2D eigenvalue weighted by Gasteiger charge is -2.12. The van der Waals surface area contributed by atoms with Crippen molar-refractivity contribution in [3.63, 3.8) is 0 Å². The molecule has 2 amide bonds. The van der Waals surface area contributed by atoms with Gasteiger partial charge in [-0.25, -0.2) is 9.59 Å². The molecule has 0 radical (unpaired) electrons. The van der Waals surface area contributed by atoms with Gasteiger partial charge < -0.3 is 25.4 Å². The average molecular weight is 475 g/mol. The predicted octanol–water partition coefficient (Wildman–Crippen LogP) is 6.17. The molecule has 0 saturated carbocycles. The molecule has 34 heavy (non-hydrogen) atoms. The molecule has 1 aromatic heterocycles. The van der Waals surface area contributed by atoms with Crippen molar-refractivity contribution in [3.05, 3.63) is 35.7 Å². The van der Waals surface area contributed by atoms with E-state index >= 15 is 0 Å². The Balaban J connectivity index is 1.82. The third-order valence-corrected chi connectivity index (χ3v) is 5.76. The Labute approximate surface area is 201 Å². The van der Waals surface area contributed by atoms with E-state index in [1.54, 1.807) is 0 Å². The molecule has 9 nitrogen and oxygen atoms in total. The van der Waals surface area contributed by atoms with Gasteiger partial charge >= 0.3 is 12.2 Å². The Bertz CT molecular complexity index is 853. The molecule has 2 aromatic rings. The van der Waals surface area contributed by atoms with Gasteiger partial charge in [0.15, 0.2) is 0 Å². The van der Waals surface area contributed by atoms with Crippen molar-refractivity contribution in [2.24, 2.45) is 0 Å². The monoisotopic (exact) mass is 474 g/mol. The fourth-order valence-corrected chi connectivity index (χ4v) is 3.85. The van der Waals surface area contributed by atoms with Crippen LogP contribution in [0.3, 0.4) is 0 Å². The first-order valence-corrected chi connectivity index (χ1v) is 12.4. The molecule has 1 atom stereocenters. The summed E-state index contributed by atoms with van der Waals surface area (Å²) in [5.74, 6) is 0.616. The van der Waals surface area contributed by atoms with Gasteiger partial charge in [-0.3, -0.25) is 0 Å². The molecule has 4 N–H and O–H groups in total. The summed E-state index contributed by atoms with van der Waals surface area (Å²) in [7, 11) is 0. The number of aryl methyl sites for hydroxylation is 1. The van der Waals surface area contributed by atoms with Crippen molar-refractivity contribution in [1.29, 1.82) is 0 Å². The molecule has 0 saturated heterocycles. The van der Waals surface area contributed by atoms with Crippen LogP contribution in [0.2, 0.25) is 0 Å². The lowest BCUT2D eigenvalue weighted by Crippen LogP contribution is -2.27. The van der Waals surface area contributed by atoms with Crippen LogP contribution < -0.4 is 10.6 Å². The van der Waals surface area contributed by atoms with E-state index in [1.807, 2.05) is 12.1 Å². The van der Waals surface area contributed by atoms with Gasteiger partial charge in [0, 0.05) is 12.1 Å². The van der Waals surface area contributed by atoms with Crippen molar-refractivity contribution in [3.8, 4) is 11.4 Å². The van der Waals surface area contributed by atoms with Crippen molar-refractivity contribution < 1.29 is 24.3 Å². The summed E-state index contributed by atoms with van der Waals surface area (Å²) in [4.78, 5) is 26.1. The van der Waals surface area contributed by atoms with Gasteiger partial charge in [-0.1, -0.05) is 81.3 Å². The second-order valence-corrected chi connectivity index (χ2v) is 8.61. The van der Waals surface area contributed by atoms with E-state index in [4.69, 9.17) is 14.7 Å². The maximum Gasteiger partial charge on any atom is 0.405 e. The van der Waals surface area contributed by atoms with Crippen LogP contribution in [0.1, 0.15) is 95.0 Å². The van der Waals surface area contributed by atoms with Crippen LogP contribution in [0.15, 0.2) is 28.8 Å². The Hall–Kier alpha value is -3.10. The molecule has 0 unspecified atom stereocenters. The molecule has 1 heterocycles. The summed E-state index contributed by atoms with van der Waals surface area (Å²) in [5, 5.41) is 26.5. The number of rotatable bonds is 17. The molecular weight excluding hydrogens is 436 g/mol. The topological polar surface area (TPSA) is 138 Å². The largest absolute Gasteiger partial charge is 0.465 e. The number of amides is 2. The van der Waals surface area contributed by atoms with Gasteiger partial charge in [-0.15, -0.1) is 0 Å². The number of carboxylic acid groups (broad SMARTS) is 2. The summed E-state index contributed by atoms with van der Waals surface area (Å²) in [6.07, 6.45) is 10.8. The summed E-state index contributed by atoms with van der Waals surface area (Å²) >= 11 is 0. The first kappa shape index (κ1) is 27.1. The molecule has 0 fully saturated rings. The van der Waals surface area contributed by atoms with Crippen molar-refractivity contribution in [2.75, 3.05) is 6.54 Å². The molecule has 0 aliphatic carbocycles. The van der Waals surface area contributed by atoms with Crippen LogP contribution in [-0.4, -0.2) is 39.1 Å². The lowest BCUT2D eigenvalue weighted by molar-refractivity contribution is 0.184. The van der Waals surface area contributed by atoms with Crippen LogP contribution >= 0.6 is 0 Å². The molecule has 2 rings (SSSR count). The van der Waals surface area contributed by atoms with E-state index in [9.17, 15) is 9.59 Å². The number of benzene rings is 1. The Morgan fingerprint density at radius 3 is 2.24 bits per heavy atom. The van der Waals surface area contributed by atoms with E-state index in [2.05, 4.69) is 39.8 Å². The van der Waals surface area contributed by atoms with Gasteiger partial charge in [-0.05, 0) is 37.7 Å². The molecular formula is C25H38N4O5. The standard InChI is InChI=1S/C25H38N4O5/c1-2-3-4-5-6-7-8-9-12-19-14-16-20(17-15-19)22-28-23(34-29-22)21(27-25(32)33)13-10-11-18-26-24(30)31/h14-17,21,26-27H,2-13,18H2,1H3,(H,30,31)(H,32,33)/t21-/m1/s1. The van der Waals surface area contributed by atoms with E-state index in [-0.39, 0.29) is 5.89 Å². The first-order chi connectivity index (χ1) is 16.5. The molecule has 1 aromatic carbocycles. The van der Waals surface area contributed by atoms with Gasteiger partial charge in [-0.2, -0.15) is 4.98 Å². The summed E-state index contributed by atoms with van der Waals surface area (Å²) < 4.78 is 5.34. The quantitative estimate of drug-likeness (QED) is 0.201. The van der Waals surface area contributed by atoms with Gasteiger partial charge in [0.2, 0.25) is 11.7 Å². The molecule has 9 heteroatoms. The van der Waals surface area contributed by atoms with Gasteiger partial charge in [0.05, 0.1) is 0 Å².